The summed E-state index contributed by atoms with van der Waals surface area (Å²) < 4.78 is 0. The zero-order valence-corrected chi connectivity index (χ0v) is 10.3. The standard InChI is InChI=1S/C13H26N2/c1-11-4-8-15(10-12(11)2)9-7-13(14)5-3-6-13/h11-12H,3-10,14H2,1-2H3. The van der Waals surface area contributed by atoms with Gasteiger partial charge in [0.05, 0.1) is 0 Å². The van der Waals surface area contributed by atoms with E-state index in [-0.39, 0.29) is 5.54 Å². The molecule has 1 aliphatic heterocycles. The Kier molecular flexibility index (Phi) is 3.36. The number of hydrogen-bond acceptors (Lipinski definition) is 2. The molecule has 15 heavy (non-hydrogen) atoms. The van der Waals surface area contributed by atoms with E-state index < -0.39 is 0 Å². The molecule has 1 saturated heterocycles. The average Bonchev–Trinajstić information content (AvgIpc) is 2.17. The molecule has 88 valence electrons. The predicted octanol–water partition coefficient (Wildman–Crippen LogP) is 2.24. The molecule has 1 aliphatic carbocycles. The first-order chi connectivity index (χ1) is 7.09. The van der Waals surface area contributed by atoms with Gasteiger partial charge in [-0.2, -0.15) is 0 Å². The van der Waals surface area contributed by atoms with E-state index in [1.165, 1.54) is 51.7 Å². The number of likely N-dealkylation sites (tertiary alicyclic amines) is 1. The Balaban J connectivity index is 1.71. The lowest BCUT2D eigenvalue weighted by Crippen LogP contribution is -2.50. The smallest absolute Gasteiger partial charge is 0.0166 e. The van der Waals surface area contributed by atoms with Crippen molar-refractivity contribution in [3.05, 3.63) is 0 Å². The molecule has 2 aliphatic rings. The van der Waals surface area contributed by atoms with Crippen LogP contribution >= 0.6 is 0 Å². The van der Waals surface area contributed by atoms with Crippen LogP contribution in [0.1, 0.15) is 46.0 Å². The Hall–Kier alpha value is -0.0800. The summed E-state index contributed by atoms with van der Waals surface area (Å²) in [4.78, 5) is 2.62. The van der Waals surface area contributed by atoms with Gasteiger partial charge in [0.1, 0.15) is 0 Å². The van der Waals surface area contributed by atoms with Crippen molar-refractivity contribution >= 4 is 0 Å². The van der Waals surface area contributed by atoms with Crippen molar-refractivity contribution in [2.45, 2.75) is 51.5 Å². The summed E-state index contributed by atoms with van der Waals surface area (Å²) in [6.45, 7) is 8.59. The molecule has 2 atom stereocenters. The zero-order valence-electron chi connectivity index (χ0n) is 10.3. The molecule has 0 bridgehead atoms. The highest BCUT2D eigenvalue weighted by molar-refractivity contribution is 4.93. The van der Waals surface area contributed by atoms with Gasteiger partial charge in [-0.05, 0) is 57.0 Å². The highest BCUT2D eigenvalue weighted by atomic mass is 15.1. The van der Waals surface area contributed by atoms with Crippen LogP contribution in [0.15, 0.2) is 0 Å². The van der Waals surface area contributed by atoms with Crippen LogP contribution in [-0.4, -0.2) is 30.1 Å². The first kappa shape index (κ1) is 11.4. The van der Waals surface area contributed by atoms with E-state index in [9.17, 15) is 0 Å². The lowest BCUT2D eigenvalue weighted by atomic mass is 9.75. The van der Waals surface area contributed by atoms with E-state index in [1.807, 2.05) is 0 Å². The summed E-state index contributed by atoms with van der Waals surface area (Å²) in [6.07, 6.45) is 6.45. The summed E-state index contributed by atoms with van der Waals surface area (Å²) in [5, 5.41) is 0. The Labute approximate surface area is 94.2 Å². The van der Waals surface area contributed by atoms with Crippen LogP contribution in [0.4, 0.5) is 0 Å². The van der Waals surface area contributed by atoms with Crippen LogP contribution in [0.25, 0.3) is 0 Å². The molecule has 2 nitrogen and oxygen atoms in total. The molecule has 1 saturated carbocycles. The highest BCUT2D eigenvalue weighted by Gasteiger charge is 2.33. The van der Waals surface area contributed by atoms with Crippen LogP contribution in [0, 0.1) is 11.8 Å². The molecule has 0 aromatic rings. The minimum absolute atomic E-state index is 0.215. The summed E-state index contributed by atoms with van der Waals surface area (Å²) >= 11 is 0. The largest absolute Gasteiger partial charge is 0.325 e. The van der Waals surface area contributed by atoms with Gasteiger partial charge in [-0.25, -0.2) is 0 Å². The van der Waals surface area contributed by atoms with Gasteiger partial charge in [0.2, 0.25) is 0 Å². The van der Waals surface area contributed by atoms with E-state index in [1.54, 1.807) is 0 Å². The number of rotatable bonds is 3. The molecule has 2 unspecified atom stereocenters. The van der Waals surface area contributed by atoms with Gasteiger partial charge < -0.3 is 10.6 Å². The molecule has 0 spiro atoms. The first-order valence-corrected chi connectivity index (χ1v) is 6.60. The maximum Gasteiger partial charge on any atom is 0.0166 e. The second-order valence-electron chi connectivity index (χ2n) is 6.01. The SMILES string of the molecule is CC1CCN(CCC2(N)CCC2)CC1C. The van der Waals surface area contributed by atoms with Gasteiger partial charge in [-0.15, -0.1) is 0 Å². The molecule has 0 amide bonds. The molecule has 0 radical (unpaired) electrons. The molecule has 0 aromatic heterocycles. The summed E-state index contributed by atoms with van der Waals surface area (Å²) in [6, 6.07) is 0. The monoisotopic (exact) mass is 210 g/mol. The lowest BCUT2D eigenvalue weighted by molar-refractivity contribution is 0.115. The maximum atomic E-state index is 6.26. The molecule has 2 N–H and O–H groups in total. The molecule has 1 heterocycles. The van der Waals surface area contributed by atoms with E-state index in [4.69, 9.17) is 5.73 Å². The normalized spacial score (nSPS) is 36.2. The van der Waals surface area contributed by atoms with Gasteiger partial charge in [0, 0.05) is 12.1 Å². The van der Waals surface area contributed by atoms with E-state index in [2.05, 4.69) is 18.7 Å². The maximum absolute atomic E-state index is 6.26. The minimum Gasteiger partial charge on any atom is -0.325 e. The average molecular weight is 210 g/mol. The van der Waals surface area contributed by atoms with Crippen molar-refractivity contribution in [1.29, 1.82) is 0 Å². The third-order valence-electron chi connectivity index (χ3n) is 4.69. The van der Waals surface area contributed by atoms with Crippen molar-refractivity contribution in [2.24, 2.45) is 17.6 Å². The quantitative estimate of drug-likeness (QED) is 0.774. The van der Waals surface area contributed by atoms with Gasteiger partial charge in [0.25, 0.3) is 0 Å². The first-order valence-electron chi connectivity index (χ1n) is 6.60. The fraction of sp³-hybridized carbons (Fsp3) is 1.00. The Morgan fingerprint density at radius 2 is 2.00 bits per heavy atom. The topological polar surface area (TPSA) is 29.3 Å². The minimum atomic E-state index is 0.215. The van der Waals surface area contributed by atoms with Crippen molar-refractivity contribution < 1.29 is 0 Å². The highest BCUT2D eigenvalue weighted by Crippen LogP contribution is 2.33. The summed E-state index contributed by atoms with van der Waals surface area (Å²) in [5.74, 6) is 1.78. The zero-order chi connectivity index (χ0) is 10.9. The van der Waals surface area contributed by atoms with Crippen LogP contribution in [0.3, 0.4) is 0 Å². The van der Waals surface area contributed by atoms with Gasteiger partial charge in [-0.3, -0.25) is 0 Å². The number of nitrogens with two attached hydrogens (primary N) is 1. The van der Waals surface area contributed by atoms with Crippen molar-refractivity contribution in [2.75, 3.05) is 19.6 Å². The Morgan fingerprint density at radius 1 is 1.27 bits per heavy atom. The molecular formula is C13H26N2. The molecule has 2 heteroatoms. The van der Waals surface area contributed by atoms with Gasteiger partial charge >= 0.3 is 0 Å². The Morgan fingerprint density at radius 3 is 2.53 bits per heavy atom. The fourth-order valence-corrected chi connectivity index (χ4v) is 2.81. The van der Waals surface area contributed by atoms with E-state index in [0.717, 1.165) is 11.8 Å². The number of nitrogens with zero attached hydrogens (tertiary/aromatic N) is 1. The van der Waals surface area contributed by atoms with Crippen LogP contribution in [0.2, 0.25) is 0 Å². The van der Waals surface area contributed by atoms with Crippen molar-refractivity contribution in [1.82, 2.24) is 4.90 Å². The van der Waals surface area contributed by atoms with Crippen molar-refractivity contribution in [3.8, 4) is 0 Å². The molecule has 2 fully saturated rings. The lowest BCUT2D eigenvalue weighted by Gasteiger charge is -2.41. The molecular weight excluding hydrogens is 184 g/mol. The fourth-order valence-electron chi connectivity index (χ4n) is 2.81. The van der Waals surface area contributed by atoms with E-state index in [0.29, 0.717) is 0 Å². The van der Waals surface area contributed by atoms with Crippen LogP contribution in [-0.2, 0) is 0 Å². The van der Waals surface area contributed by atoms with Crippen molar-refractivity contribution in [3.63, 3.8) is 0 Å². The van der Waals surface area contributed by atoms with Gasteiger partial charge in [-0.1, -0.05) is 13.8 Å². The number of hydrogen-bond donors (Lipinski definition) is 1. The number of piperidine rings is 1. The third kappa shape index (κ3) is 2.73. The van der Waals surface area contributed by atoms with Crippen LogP contribution in [0.5, 0.6) is 0 Å². The second-order valence-corrected chi connectivity index (χ2v) is 6.01. The third-order valence-corrected chi connectivity index (χ3v) is 4.69. The van der Waals surface area contributed by atoms with Gasteiger partial charge in [0.15, 0.2) is 0 Å². The van der Waals surface area contributed by atoms with Crippen LogP contribution < -0.4 is 5.73 Å². The second kappa shape index (κ2) is 4.42. The summed E-state index contributed by atoms with van der Waals surface area (Å²) in [5.41, 5.74) is 6.47. The Bertz CT molecular complexity index is 211. The molecule has 0 aromatic carbocycles. The van der Waals surface area contributed by atoms with E-state index >= 15 is 0 Å². The summed E-state index contributed by atoms with van der Waals surface area (Å²) in [7, 11) is 0. The molecule has 2 rings (SSSR count). The predicted molar refractivity (Wildman–Crippen MR) is 64.8 cm³/mol.